The Bertz CT molecular complexity index is 795. The van der Waals surface area contributed by atoms with Crippen LogP contribution in [0.1, 0.15) is 0 Å². The quantitative estimate of drug-likeness (QED) is 0.903. The van der Waals surface area contributed by atoms with Crippen molar-refractivity contribution in [1.29, 1.82) is 0 Å². The van der Waals surface area contributed by atoms with Crippen LogP contribution in [0, 0.1) is 5.82 Å². The van der Waals surface area contributed by atoms with E-state index in [1.54, 1.807) is 0 Å². The molecule has 0 unspecified atom stereocenters. The van der Waals surface area contributed by atoms with Crippen molar-refractivity contribution in [1.82, 2.24) is 0 Å². The Balaban J connectivity index is 2.40. The van der Waals surface area contributed by atoms with E-state index in [4.69, 9.17) is 21.1 Å². The first-order valence-corrected chi connectivity index (χ1v) is 7.94. The molecule has 8 heteroatoms. The molecule has 0 aliphatic heterocycles. The van der Waals surface area contributed by atoms with Crippen LogP contribution in [0.4, 0.5) is 10.1 Å². The molecular formula is C14H13ClFNO4S. The largest absolute Gasteiger partial charge is 0.493 e. The number of rotatable bonds is 5. The fourth-order valence-electron chi connectivity index (χ4n) is 1.77. The van der Waals surface area contributed by atoms with Crippen LogP contribution >= 0.6 is 11.6 Å². The predicted octanol–water partition coefficient (Wildman–Crippen LogP) is 3.30. The number of methoxy groups -OCH3 is 2. The molecule has 0 aromatic heterocycles. The maximum absolute atomic E-state index is 13.8. The number of anilines is 1. The predicted molar refractivity (Wildman–Crippen MR) is 81.8 cm³/mol. The topological polar surface area (TPSA) is 64.6 Å². The van der Waals surface area contributed by atoms with Gasteiger partial charge in [0.05, 0.1) is 29.8 Å². The first kappa shape index (κ1) is 16.4. The van der Waals surface area contributed by atoms with Gasteiger partial charge in [-0.25, -0.2) is 12.8 Å². The zero-order valence-electron chi connectivity index (χ0n) is 11.8. The molecule has 1 N–H and O–H groups in total. The van der Waals surface area contributed by atoms with Gasteiger partial charge in [0, 0.05) is 6.07 Å². The lowest BCUT2D eigenvalue weighted by Gasteiger charge is -2.12. The van der Waals surface area contributed by atoms with Crippen molar-refractivity contribution in [3.05, 3.63) is 47.2 Å². The Morgan fingerprint density at radius 3 is 2.41 bits per heavy atom. The van der Waals surface area contributed by atoms with Crippen LogP contribution in [-0.2, 0) is 10.0 Å². The Labute approximate surface area is 132 Å². The maximum atomic E-state index is 13.8. The van der Waals surface area contributed by atoms with Gasteiger partial charge in [-0.1, -0.05) is 17.7 Å². The van der Waals surface area contributed by atoms with Crippen LogP contribution in [-0.4, -0.2) is 22.6 Å². The summed E-state index contributed by atoms with van der Waals surface area (Å²) < 4.78 is 50.7. The van der Waals surface area contributed by atoms with Crippen LogP contribution in [0.15, 0.2) is 41.3 Å². The van der Waals surface area contributed by atoms with Gasteiger partial charge in [-0.2, -0.15) is 0 Å². The van der Waals surface area contributed by atoms with E-state index < -0.39 is 15.8 Å². The Morgan fingerprint density at radius 2 is 1.77 bits per heavy atom. The molecule has 2 aromatic carbocycles. The molecular weight excluding hydrogens is 333 g/mol. The van der Waals surface area contributed by atoms with E-state index in [0.29, 0.717) is 5.75 Å². The molecule has 0 aliphatic carbocycles. The minimum atomic E-state index is -3.99. The van der Waals surface area contributed by atoms with Crippen molar-refractivity contribution in [3.63, 3.8) is 0 Å². The van der Waals surface area contributed by atoms with E-state index in [1.165, 1.54) is 50.6 Å². The number of hydrogen-bond acceptors (Lipinski definition) is 4. The number of ether oxygens (including phenoxy) is 2. The summed E-state index contributed by atoms with van der Waals surface area (Å²) in [6, 6.07) is 8.10. The summed E-state index contributed by atoms with van der Waals surface area (Å²) in [4.78, 5) is -0.0930. The molecule has 22 heavy (non-hydrogen) atoms. The van der Waals surface area contributed by atoms with Gasteiger partial charge in [-0.05, 0) is 24.3 Å². The molecule has 0 spiro atoms. The van der Waals surface area contributed by atoms with E-state index >= 15 is 0 Å². The maximum Gasteiger partial charge on any atom is 0.262 e. The van der Waals surface area contributed by atoms with Crippen LogP contribution in [0.2, 0.25) is 5.02 Å². The highest BCUT2D eigenvalue weighted by Crippen LogP contribution is 2.31. The molecule has 0 radical (unpaired) electrons. The third-order valence-corrected chi connectivity index (χ3v) is 4.52. The molecule has 0 heterocycles. The molecule has 0 atom stereocenters. The molecule has 0 aliphatic rings. The molecule has 2 aromatic rings. The third-order valence-electron chi connectivity index (χ3n) is 2.86. The van der Waals surface area contributed by atoms with Gasteiger partial charge in [0.15, 0.2) is 17.3 Å². The lowest BCUT2D eigenvalue weighted by Crippen LogP contribution is -2.14. The Morgan fingerprint density at radius 1 is 1.09 bits per heavy atom. The number of halogens is 2. The van der Waals surface area contributed by atoms with Crippen molar-refractivity contribution in [2.24, 2.45) is 0 Å². The lowest BCUT2D eigenvalue weighted by molar-refractivity contribution is 0.354. The minimum absolute atomic E-state index is 0.0930. The van der Waals surface area contributed by atoms with Crippen LogP contribution in [0.5, 0.6) is 11.5 Å². The average molecular weight is 346 g/mol. The fraction of sp³-hybridized carbons (Fsp3) is 0.143. The van der Waals surface area contributed by atoms with Crippen LogP contribution in [0.3, 0.4) is 0 Å². The summed E-state index contributed by atoms with van der Waals surface area (Å²) in [6.45, 7) is 0. The van der Waals surface area contributed by atoms with Crippen molar-refractivity contribution >= 4 is 27.3 Å². The van der Waals surface area contributed by atoms with Crippen molar-refractivity contribution in [2.45, 2.75) is 4.90 Å². The summed E-state index contributed by atoms with van der Waals surface area (Å²) in [5, 5.41) is -0.174. The minimum Gasteiger partial charge on any atom is -0.493 e. The number of benzene rings is 2. The van der Waals surface area contributed by atoms with Crippen molar-refractivity contribution in [3.8, 4) is 11.5 Å². The molecule has 0 saturated carbocycles. The van der Waals surface area contributed by atoms with E-state index in [9.17, 15) is 12.8 Å². The number of sulfonamides is 1. The monoisotopic (exact) mass is 345 g/mol. The van der Waals surface area contributed by atoms with E-state index in [0.717, 1.165) is 0 Å². The third kappa shape index (κ3) is 3.26. The molecule has 0 amide bonds. The van der Waals surface area contributed by atoms with E-state index in [-0.39, 0.29) is 21.4 Å². The van der Waals surface area contributed by atoms with Gasteiger partial charge in [0.2, 0.25) is 0 Å². The second-order valence-corrected chi connectivity index (χ2v) is 6.31. The van der Waals surface area contributed by atoms with Gasteiger partial charge < -0.3 is 9.47 Å². The van der Waals surface area contributed by atoms with Crippen molar-refractivity contribution in [2.75, 3.05) is 18.9 Å². The van der Waals surface area contributed by atoms with Crippen LogP contribution < -0.4 is 14.2 Å². The number of hydrogen-bond donors (Lipinski definition) is 1. The standard InChI is InChI=1S/C14H13ClFNO4S/c1-20-12-7-6-9(8-13(12)21-2)22(18,19)17-11-5-3-4-10(15)14(11)16/h3-8,17H,1-2H3. The normalized spacial score (nSPS) is 11.1. The highest BCUT2D eigenvalue weighted by molar-refractivity contribution is 7.92. The SMILES string of the molecule is COc1ccc(S(=O)(=O)Nc2cccc(Cl)c2F)cc1OC. The Hall–Kier alpha value is -1.99. The molecule has 0 bridgehead atoms. The summed E-state index contributed by atoms with van der Waals surface area (Å²) >= 11 is 5.63. The van der Waals surface area contributed by atoms with E-state index in [2.05, 4.69) is 4.72 Å². The second-order valence-electron chi connectivity index (χ2n) is 4.22. The number of nitrogens with one attached hydrogen (secondary N) is 1. The smallest absolute Gasteiger partial charge is 0.262 e. The zero-order chi connectivity index (χ0) is 16.3. The fourth-order valence-corrected chi connectivity index (χ4v) is 3.02. The zero-order valence-corrected chi connectivity index (χ0v) is 13.3. The first-order valence-electron chi connectivity index (χ1n) is 6.08. The average Bonchev–Trinajstić information content (AvgIpc) is 2.51. The summed E-state index contributed by atoms with van der Waals surface area (Å²) in [7, 11) is -1.17. The van der Waals surface area contributed by atoms with Gasteiger partial charge in [-0.3, -0.25) is 4.72 Å². The molecule has 118 valence electrons. The lowest BCUT2D eigenvalue weighted by atomic mass is 10.3. The van der Waals surface area contributed by atoms with Crippen molar-refractivity contribution < 1.29 is 22.3 Å². The van der Waals surface area contributed by atoms with Crippen LogP contribution in [0.25, 0.3) is 0 Å². The highest BCUT2D eigenvalue weighted by Gasteiger charge is 2.19. The van der Waals surface area contributed by atoms with Gasteiger partial charge in [-0.15, -0.1) is 0 Å². The Kier molecular flexibility index (Phi) is 4.77. The van der Waals surface area contributed by atoms with Gasteiger partial charge in [0.25, 0.3) is 10.0 Å². The summed E-state index contributed by atoms with van der Waals surface area (Å²) in [5.74, 6) is -0.208. The molecule has 0 fully saturated rings. The molecule has 2 rings (SSSR count). The van der Waals surface area contributed by atoms with Gasteiger partial charge >= 0.3 is 0 Å². The highest BCUT2D eigenvalue weighted by atomic mass is 35.5. The molecule has 0 saturated heterocycles. The summed E-state index contributed by atoms with van der Waals surface area (Å²) in [6.07, 6.45) is 0. The molecule has 5 nitrogen and oxygen atoms in total. The van der Waals surface area contributed by atoms with Gasteiger partial charge in [0.1, 0.15) is 0 Å². The summed E-state index contributed by atoms with van der Waals surface area (Å²) in [5.41, 5.74) is -0.234. The van der Waals surface area contributed by atoms with E-state index in [1.807, 2.05) is 0 Å². The first-order chi connectivity index (χ1) is 10.4. The second kappa shape index (κ2) is 6.41.